The van der Waals surface area contributed by atoms with Gasteiger partial charge in [-0.15, -0.1) is 0 Å². The fourth-order valence-corrected chi connectivity index (χ4v) is 7.75. The standard InChI is InChI=1S/C35H38OS2/c1-34(2,3)27-13-23-11-26-20-38-18-22-8-21(9-29(10-22)36-7)17-37-19-25-12-24-14-28(35(4,5)6)16-31(26)33(24)32(23)30(25)15-27/h8-16H,17-20H2,1-7H3. The Hall–Kier alpha value is -2.36. The van der Waals surface area contributed by atoms with Gasteiger partial charge in [-0.1, -0.05) is 71.9 Å². The van der Waals surface area contributed by atoms with Crippen LogP contribution in [-0.2, 0) is 33.8 Å². The molecule has 0 fully saturated rings. The fraction of sp³-hybridized carbons (Fsp3) is 0.371. The lowest BCUT2D eigenvalue weighted by atomic mass is 9.79. The van der Waals surface area contributed by atoms with E-state index in [2.05, 4.69) is 96.1 Å². The first-order valence-corrected chi connectivity index (χ1v) is 15.9. The van der Waals surface area contributed by atoms with Gasteiger partial charge in [-0.05, 0) is 101 Å². The van der Waals surface area contributed by atoms with Gasteiger partial charge in [0, 0.05) is 23.0 Å². The molecule has 0 aromatic heterocycles. The van der Waals surface area contributed by atoms with Crippen LogP contribution in [0.1, 0.15) is 74.9 Å². The van der Waals surface area contributed by atoms with Crippen LogP contribution in [0.3, 0.4) is 0 Å². The summed E-state index contributed by atoms with van der Waals surface area (Å²) >= 11 is 4.03. The highest BCUT2D eigenvalue weighted by Gasteiger charge is 2.23. The predicted octanol–water partition coefficient (Wildman–Crippen LogP) is 10.4. The molecular weight excluding hydrogens is 501 g/mol. The summed E-state index contributed by atoms with van der Waals surface area (Å²) in [4.78, 5) is 0. The van der Waals surface area contributed by atoms with Gasteiger partial charge in [0.2, 0.25) is 0 Å². The normalized spacial score (nSPS) is 15.1. The topological polar surface area (TPSA) is 9.23 Å². The molecule has 3 heteroatoms. The largest absolute Gasteiger partial charge is 0.497 e. The van der Waals surface area contributed by atoms with Gasteiger partial charge < -0.3 is 4.74 Å². The van der Waals surface area contributed by atoms with Gasteiger partial charge in [-0.3, -0.25) is 0 Å². The van der Waals surface area contributed by atoms with Crippen molar-refractivity contribution in [3.8, 4) is 5.75 Å². The summed E-state index contributed by atoms with van der Waals surface area (Å²) in [5, 5.41) is 8.56. The Morgan fingerprint density at radius 2 is 1.00 bits per heavy atom. The average molecular weight is 539 g/mol. The van der Waals surface area contributed by atoms with E-state index in [9.17, 15) is 0 Å². The van der Waals surface area contributed by atoms with E-state index in [0.717, 1.165) is 28.8 Å². The number of hydrogen-bond acceptors (Lipinski definition) is 3. The zero-order valence-electron chi connectivity index (χ0n) is 23.7. The lowest BCUT2D eigenvalue weighted by molar-refractivity contribution is 0.414. The molecule has 3 aliphatic rings. The maximum Gasteiger partial charge on any atom is 0.119 e. The van der Waals surface area contributed by atoms with E-state index in [1.54, 1.807) is 7.11 Å². The molecule has 5 aromatic rings. The summed E-state index contributed by atoms with van der Waals surface area (Å²) in [5.41, 5.74) is 8.64. The quantitative estimate of drug-likeness (QED) is 0.196. The molecule has 10 bridgehead atoms. The Morgan fingerprint density at radius 1 is 0.553 bits per heavy atom. The van der Waals surface area contributed by atoms with Gasteiger partial charge in [0.05, 0.1) is 7.11 Å². The van der Waals surface area contributed by atoms with Crippen molar-refractivity contribution in [2.45, 2.75) is 75.4 Å². The van der Waals surface area contributed by atoms with E-state index in [1.807, 2.05) is 23.5 Å². The van der Waals surface area contributed by atoms with E-state index in [0.29, 0.717) is 0 Å². The van der Waals surface area contributed by atoms with Crippen molar-refractivity contribution < 1.29 is 4.74 Å². The molecule has 3 aliphatic heterocycles. The molecule has 0 N–H and O–H groups in total. The number of thioether (sulfide) groups is 2. The number of ether oxygens (including phenoxy) is 1. The smallest absolute Gasteiger partial charge is 0.119 e. The van der Waals surface area contributed by atoms with Crippen molar-refractivity contribution in [1.29, 1.82) is 0 Å². The zero-order chi connectivity index (χ0) is 26.8. The second-order valence-corrected chi connectivity index (χ2v) is 15.0. The molecule has 0 atom stereocenters. The molecule has 0 spiro atoms. The highest BCUT2D eigenvalue weighted by atomic mass is 32.2. The second kappa shape index (κ2) is 9.38. The minimum absolute atomic E-state index is 0.0990. The molecule has 0 aliphatic carbocycles. The Bertz CT molecular complexity index is 1550. The minimum atomic E-state index is 0.0990. The molecule has 0 saturated heterocycles. The molecule has 3 heterocycles. The third-order valence-electron chi connectivity index (χ3n) is 7.99. The summed E-state index contributed by atoms with van der Waals surface area (Å²) in [6.07, 6.45) is 0. The lowest BCUT2D eigenvalue weighted by Gasteiger charge is -2.26. The van der Waals surface area contributed by atoms with Gasteiger partial charge in [0.25, 0.3) is 0 Å². The van der Waals surface area contributed by atoms with Crippen molar-refractivity contribution >= 4 is 55.8 Å². The van der Waals surface area contributed by atoms with Crippen LogP contribution in [0.4, 0.5) is 0 Å². The summed E-state index contributed by atoms with van der Waals surface area (Å²) in [6.45, 7) is 14.0. The first-order chi connectivity index (χ1) is 18.0. The summed E-state index contributed by atoms with van der Waals surface area (Å²) in [7, 11) is 1.78. The molecule has 5 aromatic carbocycles. The van der Waals surface area contributed by atoms with Crippen LogP contribution in [0.25, 0.3) is 32.3 Å². The Balaban J connectivity index is 1.67. The number of benzene rings is 5. The van der Waals surface area contributed by atoms with Gasteiger partial charge in [0.15, 0.2) is 0 Å². The molecule has 1 nitrogen and oxygen atoms in total. The maximum atomic E-state index is 5.67. The SMILES string of the molecule is COc1cc2cc(c1)CSCc1cc3cc(C(C)(C)C)cc4c(cc5cc(C(C)(C)C)cc1c5c34)CSC2. The molecule has 196 valence electrons. The first-order valence-electron chi connectivity index (χ1n) is 13.6. The van der Waals surface area contributed by atoms with Gasteiger partial charge in [0.1, 0.15) is 5.75 Å². The van der Waals surface area contributed by atoms with Gasteiger partial charge in [-0.25, -0.2) is 0 Å². The molecular formula is C35H38OS2. The van der Waals surface area contributed by atoms with E-state index in [-0.39, 0.29) is 10.8 Å². The van der Waals surface area contributed by atoms with Crippen LogP contribution in [0, 0.1) is 0 Å². The lowest BCUT2D eigenvalue weighted by Crippen LogP contribution is -2.12. The monoisotopic (exact) mass is 538 g/mol. The highest BCUT2D eigenvalue weighted by molar-refractivity contribution is 7.98. The highest BCUT2D eigenvalue weighted by Crippen LogP contribution is 2.44. The molecule has 0 amide bonds. The van der Waals surface area contributed by atoms with Crippen LogP contribution in [-0.4, -0.2) is 7.11 Å². The summed E-state index contributed by atoms with van der Waals surface area (Å²) in [5.74, 6) is 4.92. The van der Waals surface area contributed by atoms with E-state index < -0.39 is 0 Å². The van der Waals surface area contributed by atoms with E-state index >= 15 is 0 Å². The Morgan fingerprint density at radius 3 is 1.39 bits per heavy atom. The van der Waals surface area contributed by atoms with Crippen LogP contribution in [0.15, 0.2) is 54.6 Å². The van der Waals surface area contributed by atoms with Crippen molar-refractivity contribution in [1.82, 2.24) is 0 Å². The number of methoxy groups -OCH3 is 1. The zero-order valence-corrected chi connectivity index (χ0v) is 25.4. The first kappa shape index (κ1) is 25.9. The Kier molecular flexibility index (Phi) is 6.39. The number of hydrogen-bond donors (Lipinski definition) is 0. The van der Waals surface area contributed by atoms with Crippen molar-refractivity contribution in [2.75, 3.05) is 7.11 Å². The average Bonchev–Trinajstić information content (AvgIpc) is 2.86. The van der Waals surface area contributed by atoms with Crippen molar-refractivity contribution in [3.05, 3.63) is 88.0 Å². The van der Waals surface area contributed by atoms with E-state index in [4.69, 9.17) is 4.74 Å². The van der Waals surface area contributed by atoms with Crippen molar-refractivity contribution in [2.24, 2.45) is 0 Å². The summed E-state index contributed by atoms with van der Waals surface area (Å²) < 4.78 is 5.67. The molecule has 0 radical (unpaired) electrons. The van der Waals surface area contributed by atoms with Gasteiger partial charge >= 0.3 is 0 Å². The van der Waals surface area contributed by atoms with Crippen LogP contribution >= 0.6 is 23.5 Å². The fourth-order valence-electron chi connectivity index (χ4n) is 5.83. The molecule has 8 rings (SSSR count). The second-order valence-electron chi connectivity index (χ2n) is 13.0. The van der Waals surface area contributed by atoms with Gasteiger partial charge in [-0.2, -0.15) is 23.5 Å². The van der Waals surface area contributed by atoms with Crippen molar-refractivity contribution in [3.63, 3.8) is 0 Å². The summed E-state index contributed by atoms with van der Waals surface area (Å²) in [6, 6.07) is 21.7. The molecule has 38 heavy (non-hydrogen) atoms. The third-order valence-corrected chi connectivity index (χ3v) is 10.1. The molecule has 0 unspecified atom stereocenters. The van der Waals surface area contributed by atoms with E-state index in [1.165, 1.54) is 65.7 Å². The molecule has 0 saturated carbocycles. The van der Waals surface area contributed by atoms with Crippen LogP contribution < -0.4 is 4.74 Å². The maximum absolute atomic E-state index is 5.67. The number of rotatable bonds is 1. The minimum Gasteiger partial charge on any atom is -0.497 e. The third kappa shape index (κ3) is 4.67. The predicted molar refractivity (Wildman–Crippen MR) is 171 cm³/mol. The van der Waals surface area contributed by atoms with Crippen LogP contribution in [0.5, 0.6) is 5.75 Å². The van der Waals surface area contributed by atoms with Crippen LogP contribution in [0.2, 0.25) is 0 Å². The Labute approximate surface area is 236 Å².